The molecular weight excluding hydrogens is 252 g/mol. The summed E-state index contributed by atoms with van der Waals surface area (Å²) in [6, 6.07) is 9.21. The molecule has 0 radical (unpaired) electrons. The highest BCUT2D eigenvalue weighted by Crippen LogP contribution is 2.38. The molecule has 0 aliphatic heterocycles. The van der Waals surface area contributed by atoms with Crippen LogP contribution < -0.4 is 5.32 Å². The minimum absolute atomic E-state index is 0.0332. The molecule has 4 nitrogen and oxygen atoms in total. The maximum Gasteiger partial charge on any atom is 0.227 e. The average Bonchev–Trinajstić information content (AvgIpc) is 2.91. The Hall–Kier alpha value is -2.36. The van der Waals surface area contributed by atoms with Crippen LogP contribution in [0.1, 0.15) is 29.0 Å². The van der Waals surface area contributed by atoms with E-state index in [1.54, 1.807) is 18.5 Å². The van der Waals surface area contributed by atoms with Crippen molar-refractivity contribution in [2.24, 2.45) is 0 Å². The minimum atomic E-state index is -0.247. The van der Waals surface area contributed by atoms with E-state index in [1.807, 2.05) is 24.3 Å². The third-order valence-corrected chi connectivity index (χ3v) is 3.73. The van der Waals surface area contributed by atoms with Gasteiger partial charge in [-0.05, 0) is 36.1 Å². The fraction of sp³-hybridized carbons (Fsp3) is 0.250. The lowest BCUT2D eigenvalue weighted by Gasteiger charge is -2.13. The van der Waals surface area contributed by atoms with Gasteiger partial charge in [0.1, 0.15) is 5.75 Å². The van der Waals surface area contributed by atoms with Crippen LogP contribution in [0.5, 0.6) is 5.75 Å². The number of aromatic nitrogens is 1. The highest BCUT2D eigenvalue weighted by molar-refractivity contribution is 5.85. The van der Waals surface area contributed by atoms with Gasteiger partial charge in [0.25, 0.3) is 0 Å². The summed E-state index contributed by atoms with van der Waals surface area (Å²) in [6.45, 7) is 0.464. The van der Waals surface area contributed by atoms with Gasteiger partial charge < -0.3 is 10.4 Å². The number of hydrogen-bond donors (Lipinski definition) is 2. The van der Waals surface area contributed by atoms with Gasteiger partial charge in [-0.15, -0.1) is 0 Å². The Morgan fingerprint density at radius 3 is 3.05 bits per heavy atom. The molecule has 4 heteroatoms. The number of rotatable bonds is 3. The maximum absolute atomic E-state index is 12.3. The predicted molar refractivity (Wildman–Crippen MR) is 75.3 cm³/mol. The Morgan fingerprint density at radius 1 is 1.35 bits per heavy atom. The lowest BCUT2D eigenvalue weighted by molar-refractivity contribution is -0.122. The first kappa shape index (κ1) is 12.7. The fourth-order valence-corrected chi connectivity index (χ4v) is 2.74. The molecule has 1 aromatic heterocycles. The van der Waals surface area contributed by atoms with Crippen molar-refractivity contribution >= 4 is 5.91 Å². The molecule has 0 fully saturated rings. The molecule has 1 aliphatic rings. The molecule has 0 bridgehead atoms. The van der Waals surface area contributed by atoms with Crippen LogP contribution in [0.25, 0.3) is 0 Å². The number of nitrogens with one attached hydrogen (secondary N) is 1. The molecule has 0 saturated heterocycles. The Labute approximate surface area is 117 Å². The summed E-state index contributed by atoms with van der Waals surface area (Å²) in [5.74, 6) is -0.0569. The number of phenols is 1. The van der Waals surface area contributed by atoms with Crippen LogP contribution in [-0.2, 0) is 17.8 Å². The predicted octanol–water partition coefficient (Wildman–Crippen LogP) is 2.13. The second-order valence-corrected chi connectivity index (χ2v) is 5.02. The summed E-state index contributed by atoms with van der Waals surface area (Å²) in [5, 5.41) is 12.9. The van der Waals surface area contributed by atoms with Crippen LogP contribution in [0.2, 0.25) is 0 Å². The average molecular weight is 268 g/mol. The SMILES string of the molecule is O=C(NCc1cccnc1)C1CCc2cccc(O)c21. The summed E-state index contributed by atoms with van der Waals surface area (Å²) < 4.78 is 0. The lowest BCUT2D eigenvalue weighted by atomic mass is 9.99. The minimum Gasteiger partial charge on any atom is -0.508 e. The van der Waals surface area contributed by atoms with Gasteiger partial charge in [-0.1, -0.05) is 18.2 Å². The number of phenolic OH excluding ortho intramolecular Hbond substituents is 1. The Morgan fingerprint density at radius 2 is 2.25 bits per heavy atom. The molecule has 0 spiro atoms. The van der Waals surface area contributed by atoms with Crippen molar-refractivity contribution in [1.82, 2.24) is 10.3 Å². The van der Waals surface area contributed by atoms with Crippen LogP contribution in [0.15, 0.2) is 42.7 Å². The molecule has 1 unspecified atom stereocenters. The number of aromatic hydroxyl groups is 1. The monoisotopic (exact) mass is 268 g/mol. The fourth-order valence-electron chi connectivity index (χ4n) is 2.74. The molecule has 20 heavy (non-hydrogen) atoms. The van der Waals surface area contributed by atoms with Crippen molar-refractivity contribution in [3.63, 3.8) is 0 Å². The van der Waals surface area contributed by atoms with Gasteiger partial charge in [-0.2, -0.15) is 0 Å². The standard InChI is InChI=1S/C16H16N2O2/c19-14-5-1-4-12-6-7-13(15(12)14)16(20)18-10-11-3-2-8-17-9-11/h1-5,8-9,13,19H,6-7,10H2,(H,18,20). The Bertz CT molecular complexity index is 626. The number of pyridine rings is 1. The van der Waals surface area contributed by atoms with E-state index in [1.165, 1.54) is 0 Å². The number of carbonyl (C=O) groups is 1. The second kappa shape index (κ2) is 5.33. The molecule has 1 amide bonds. The number of carbonyl (C=O) groups excluding carboxylic acids is 1. The van der Waals surface area contributed by atoms with Crippen LogP contribution in [0, 0.1) is 0 Å². The first-order valence-electron chi connectivity index (χ1n) is 6.73. The molecule has 1 aromatic carbocycles. The summed E-state index contributed by atoms with van der Waals surface area (Å²) in [4.78, 5) is 16.3. The molecule has 102 valence electrons. The van der Waals surface area contributed by atoms with Crippen molar-refractivity contribution in [3.8, 4) is 5.75 Å². The smallest absolute Gasteiger partial charge is 0.227 e. The summed E-state index contributed by atoms with van der Waals surface area (Å²) in [7, 11) is 0. The van der Waals surface area contributed by atoms with E-state index in [4.69, 9.17) is 0 Å². The Kier molecular flexibility index (Phi) is 3.37. The number of benzene rings is 1. The lowest BCUT2D eigenvalue weighted by Crippen LogP contribution is -2.28. The van der Waals surface area contributed by atoms with Crippen molar-refractivity contribution < 1.29 is 9.90 Å². The first-order chi connectivity index (χ1) is 9.75. The number of fused-ring (bicyclic) bond motifs is 1. The van der Waals surface area contributed by atoms with Crippen molar-refractivity contribution in [2.75, 3.05) is 0 Å². The molecule has 1 aliphatic carbocycles. The molecule has 2 aromatic rings. The molecule has 2 N–H and O–H groups in total. The Balaban J connectivity index is 1.71. The third-order valence-electron chi connectivity index (χ3n) is 3.73. The number of hydrogen-bond acceptors (Lipinski definition) is 3. The maximum atomic E-state index is 12.3. The molecule has 1 heterocycles. The number of amides is 1. The normalized spacial score (nSPS) is 16.7. The molecule has 3 rings (SSSR count). The summed E-state index contributed by atoms with van der Waals surface area (Å²) in [5.41, 5.74) is 2.83. The van der Waals surface area contributed by atoms with Gasteiger partial charge in [-0.3, -0.25) is 9.78 Å². The van der Waals surface area contributed by atoms with Crippen LogP contribution >= 0.6 is 0 Å². The number of nitrogens with zero attached hydrogens (tertiary/aromatic N) is 1. The largest absolute Gasteiger partial charge is 0.508 e. The van der Waals surface area contributed by atoms with Crippen LogP contribution in [0.4, 0.5) is 0 Å². The van der Waals surface area contributed by atoms with Gasteiger partial charge in [0.15, 0.2) is 0 Å². The van der Waals surface area contributed by atoms with E-state index in [-0.39, 0.29) is 17.6 Å². The topological polar surface area (TPSA) is 62.2 Å². The second-order valence-electron chi connectivity index (χ2n) is 5.02. The van der Waals surface area contributed by atoms with E-state index < -0.39 is 0 Å². The van der Waals surface area contributed by atoms with E-state index in [2.05, 4.69) is 10.3 Å². The zero-order valence-corrected chi connectivity index (χ0v) is 11.0. The summed E-state index contributed by atoms with van der Waals surface area (Å²) >= 11 is 0. The van der Waals surface area contributed by atoms with E-state index in [0.29, 0.717) is 6.54 Å². The van der Waals surface area contributed by atoms with E-state index >= 15 is 0 Å². The van der Waals surface area contributed by atoms with E-state index in [9.17, 15) is 9.90 Å². The highest BCUT2D eigenvalue weighted by Gasteiger charge is 2.30. The van der Waals surface area contributed by atoms with Crippen molar-refractivity contribution in [1.29, 1.82) is 0 Å². The highest BCUT2D eigenvalue weighted by atomic mass is 16.3. The number of aryl methyl sites for hydroxylation is 1. The van der Waals surface area contributed by atoms with E-state index in [0.717, 1.165) is 29.5 Å². The molecule has 1 atom stereocenters. The zero-order chi connectivity index (χ0) is 13.9. The van der Waals surface area contributed by atoms with Gasteiger partial charge in [-0.25, -0.2) is 0 Å². The molecule has 0 saturated carbocycles. The van der Waals surface area contributed by atoms with Crippen LogP contribution in [-0.4, -0.2) is 16.0 Å². The van der Waals surface area contributed by atoms with Gasteiger partial charge in [0.05, 0.1) is 5.92 Å². The third kappa shape index (κ3) is 2.37. The van der Waals surface area contributed by atoms with Gasteiger partial charge in [0.2, 0.25) is 5.91 Å². The van der Waals surface area contributed by atoms with Crippen molar-refractivity contribution in [2.45, 2.75) is 25.3 Å². The van der Waals surface area contributed by atoms with Crippen LogP contribution in [0.3, 0.4) is 0 Å². The van der Waals surface area contributed by atoms with Gasteiger partial charge >= 0.3 is 0 Å². The zero-order valence-electron chi connectivity index (χ0n) is 11.0. The summed E-state index contributed by atoms with van der Waals surface area (Å²) in [6.07, 6.45) is 5.04. The quantitative estimate of drug-likeness (QED) is 0.896. The van der Waals surface area contributed by atoms with Crippen molar-refractivity contribution in [3.05, 3.63) is 59.4 Å². The molecular formula is C16H16N2O2. The first-order valence-corrected chi connectivity index (χ1v) is 6.73. The van der Waals surface area contributed by atoms with Gasteiger partial charge in [0, 0.05) is 24.5 Å².